The zero-order chi connectivity index (χ0) is 18.5. The van der Waals surface area contributed by atoms with Crippen molar-refractivity contribution >= 4 is 23.5 Å². The van der Waals surface area contributed by atoms with Gasteiger partial charge < -0.3 is 9.26 Å². The van der Waals surface area contributed by atoms with E-state index in [0.717, 1.165) is 5.56 Å². The molecule has 0 aliphatic rings. The number of carbonyl (C=O) groups excluding carboxylic acids is 1. The number of aromatic nitrogens is 4. The number of nitrogens with one attached hydrogen (secondary N) is 2. The van der Waals surface area contributed by atoms with Crippen molar-refractivity contribution in [3.05, 3.63) is 47.4 Å². The van der Waals surface area contributed by atoms with Crippen molar-refractivity contribution in [2.24, 2.45) is 0 Å². The SMILES string of the molecule is CC(C)Oc1ncc(C(=O)NNc2nc(-c3ccncc3)no2)cc1Cl. The molecule has 0 aliphatic carbocycles. The molecule has 134 valence electrons. The molecule has 0 aromatic carbocycles. The number of ether oxygens (including phenoxy) is 1. The van der Waals surface area contributed by atoms with E-state index >= 15 is 0 Å². The van der Waals surface area contributed by atoms with Crippen LogP contribution in [0.1, 0.15) is 24.2 Å². The smallest absolute Gasteiger partial charge is 0.340 e. The van der Waals surface area contributed by atoms with Crippen molar-refractivity contribution in [2.45, 2.75) is 20.0 Å². The molecule has 1 amide bonds. The first kappa shape index (κ1) is 17.6. The van der Waals surface area contributed by atoms with E-state index in [9.17, 15) is 4.79 Å². The molecule has 10 heteroatoms. The first-order valence-corrected chi connectivity index (χ1v) is 8.03. The minimum Gasteiger partial charge on any atom is -0.474 e. The van der Waals surface area contributed by atoms with Crippen molar-refractivity contribution < 1.29 is 14.1 Å². The molecule has 0 unspecified atom stereocenters. The van der Waals surface area contributed by atoms with E-state index in [4.69, 9.17) is 20.9 Å². The molecule has 3 rings (SSSR count). The third kappa shape index (κ3) is 4.25. The zero-order valence-electron chi connectivity index (χ0n) is 13.9. The molecule has 0 spiro atoms. The number of anilines is 1. The summed E-state index contributed by atoms with van der Waals surface area (Å²) in [6, 6.07) is 4.96. The molecule has 0 saturated carbocycles. The highest BCUT2D eigenvalue weighted by atomic mass is 35.5. The van der Waals surface area contributed by atoms with Gasteiger partial charge in [-0.05, 0) is 32.0 Å². The lowest BCUT2D eigenvalue weighted by Crippen LogP contribution is -2.29. The Bertz CT molecular complexity index is 900. The van der Waals surface area contributed by atoms with E-state index < -0.39 is 5.91 Å². The molecular formula is C16H15ClN6O3. The van der Waals surface area contributed by atoms with Crippen LogP contribution in [0.15, 0.2) is 41.3 Å². The Labute approximate surface area is 153 Å². The summed E-state index contributed by atoms with van der Waals surface area (Å²) in [5.41, 5.74) is 5.95. The van der Waals surface area contributed by atoms with Crippen molar-refractivity contribution in [1.82, 2.24) is 25.5 Å². The van der Waals surface area contributed by atoms with E-state index in [-0.39, 0.29) is 28.6 Å². The number of hydrogen-bond donors (Lipinski definition) is 2. The summed E-state index contributed by atoms with van der Waals surface area (Å²) in [6.07, 6.45) is 4.51. The molecule has 3 aromatic rings. The zero-order valence-corrected chi connectivity index (χ0v) is 14.7. The standard InChI is InChI=1S/C16H15ClN6O3/c1-9(2)25-15-12(17)7-11(8-19-15)14(24)21-22-16-20-13(23-26-16)10-3-5-18-6-4-10/h3-9H,1-2H3,(H,21,24)(H,20,22,23). The molecular weight excluding hydrogens is 360 g/mol. The van der Waals surface area contributed by atoms with Crippen molar-refractivity contribution in [3.8, 4) is 17.3 Å². The average molecular weight is 375 g/mol. The predicted octanol–water partition coefficient (Wildman–Crippen LogP) is 2.72. The summed E-state index contributed by atoms with van der Waals surface area (Å²) in [7, 11) is 0. The quantitative estimate of drug-likeness (QED) is 0.633. The van der Waals surface area contributed by atoms with Gasteiger partial charge in [0.15, 0.2) is 0 Å². The lowest BCUT2D eigenvalue weighted by atomic mass is 10.3. The van der Waals surface area contributed by atoms with Crippen LogP contribution in [-0.4, -0.2) is 32.1 Å². The Morgan fingerprint density at radius 3 is 2.77 bits per heavy atom. The normalized spacial score (nSPS) is 10.6. The van der Waals surface area contributed by atoms with Gasteiger partial charge in [0.2, 0.25) is 11.7 Å². The van der Waals surface area contributed by atoms with Gasteiger partial charge in [0.1, 0.15) is 5.02 Å². The van der Waals surface area contributed by atoms with Gasteiger partial charge in [-0.3, -0.25) is 15.2 Å². The Balaban J connectivity index is 1.62. The first-order chi connectivity index (χ1) is 12.5. The minimum atomic E-state index is -0.473. The fourth-order valence-electron chi connectivity index (χ4n) is 1.93. The van der Waals surface area contributed by atoms with Crippen LogP contribution in [0.2, 0.25) is 5.02 Å². The van der Waals surface area contributed by atoms with Crippen LogP contribution in [0.4, 0.5) is 6.01 Å². The first-order valence-electron chi connectivity index (χ1n) is 7.65. The van der Waals surface area contributed by atoms with Gasteiger partial charge in [-0.25, -0.2) is 10.4 Å². The maximum Gasteiger partial charge on any atom is 0.340 e. The molecule has 2 N–H and O–H groups in total. The Morgan fingerprint density at radius 1 is 1.31 bits per heavy atom. The second kappa shape index (κ2) is 7.79. The fourth-order valence-corrected chi connectivity index (χ4v) is 2.15. The highest BCUT2D eigenvalue weighted by Gasteiger charge is 2.13. The summed E-state index contributed by atoms with van der Waals surface area (Å²) < 4.78 is 10.4. The average Bonchev–Trinajstić information content (AvgIpc) is 3.11. The van der Waals surface area contributed by atoms with Crippen molar-refractivity contribution in [3.63, 3.8) is 0 Å². The van der Waals surface area contributed by atoms with E-state index in [1.807, 2.05) is 13.8 Å². The lowest BCUT2D eigenvalue weighted by Gasteiger charge is -2.11. The van der Waals surface area contributed by atoms with E-state index in [1.54, 1.807) is 24.5 Å². The molecule has 0 aliphatic heterocycles. The van der Waals surface area contributed by atoms with Crippen LogP contribution >= 0.6 is 11.6 Å². The maximum atomic E-state index is 12.2. The van der Waals surface area contributed by atoms with Crippen molar-refractivity contribution in [1.29, 1.82) is 0 Å². The molecule has 3 heterocycles. The number of nitrogens with zero attached hydrogens (tertiary/aromatic N) is 4. The summed E-state index contributed by atoms with van der Waals surface area (Å²) in [6.45, 7) is 3.71. The molecule has 0 saturated heterocycles. The topological polar surface area (TPSA) is 115 Å². The van der Waals surface area contributed by atoms with Gasteiger partial charge in [0.25, 0.3) is 5.91 Å². The molecule has 3 aromatic heterocycles. The van der Waals surface area contributed by atoms with Gasteiger partial charge in [-0.1, -0.05) is 16.8 Å². The maximum absolute atomic E-state index is 12.2. The summed E-state index contributed by atoms with van der Waals surface area (Å²) in [4.78, 5) is 24.2. The summed E-state index contributed by atoms with van der Waals surface area (Å²) in [5.74, 6) is 0.160. The Kier molecular flexibility index (Phi) is 5.28. The van der Waals surface area contributed by atoms with E-state index in [0.29, 0.717) is 5.82 Å². The van der Waals surface area contributed by atoms with Crippen LogP contribution in [0.25, 0.3) is 11.4 Å². The molecule has 26 heavy (non-hydrogen) atoms. The van der Waals surface area contributed by atoms with Gasteiger partial charge >= 0.3 is 6.01 Å². The van der Waals surface area contributed by atoms with E-state index in [1.165, 1.54) is 12.3 Å². The number of hydrazine groups is 1. The van der Waals surface area contributed by atoms with Gasteiger partial charge in [0.05, 0.1) is 11.7 Å². The van der Waals surface area contributed by atoms with Gasteiger partial charge in [0, 0.05) is 24.2 Å². The number of hydrogen-bond acceptors (Lipinski definition) is 8. The van der Waals surface area contributed by atoms with Gasteiger partial charge in [-0.2, -0.15) is 4.98 Å². The minimum absolute atomic E-state index is 0.0315. The van der Waals surface area contributed by atoms with Crippen LogP contribution in [-0.2, 0) is 0 Å². The highest BCUT2D eigenvalue weighted by Crippen LogP contribution is 2.23. The molecule has 0 atom stereocenters. The molecule has 0 fully saturated rings. The lowest BCUT2D eigenvalue weighted by molar-refractivity contribution is 0.0960. The molecule has 0 radical (unpaired) electrons. The van der Waals surface area contributed by atoms with Crippen LogP contribution in [0.5, 0.6) is 5.88 Å². The largest absolute Gasteiger partial charge is 0.474 e. The van der Waals surface area contributed by atoms with Crippen LogP contribution < -0.4 is 15.6 Å². The second-order valence-corrected chi connectivity index (χ2v) is 5.82. The number of halogens is 1. The second-order valence-electron chi connectivity index (χ2n) is 5.42. The number of amides is 1. The Hall–Kier alpha value is -3.20. The van der Waals surface area contributed by atoms with E-state index in [2.05, 4.69) is 31.0 Å². The number of rotatable bonds is 6. The third-order valence-corrected chi connectivity index (χ3v) is 3.34. The Morgan fingerprint density at radius 2 is 2.08 bits per heavy atom. The highest BCUT2D eigenvalue weighted by molar-refractivity contribution is 6.32. The van der Waals surface area contributed by atoms with Gasteiger partial charge in [-0.15, -0.1) is 0 Å². The number of pyridine rings is 2. The van der Waals surface area contributed by atoms with Crippen LogP contribution in [0.3, 0.4) is 0 Å². The molecule has 0 bridgehead atoms. The predicted molar refractivity (Wildman–Crippen MR) is 93.6 cm³/mol. The fraction of sp³-hybridized carbons (Fsp3) is 0.188. The molecule has 9 nitrogen and oxygen atoms in total. The summed E-state index contributed by atoms with van der Waals surface area (Å²) in [5, 5.41) is 4.05. The number of carbonyl (C=O) groups is 1. The van der Waals surface area contributed by atoms with Crippen molar-refractivity contribution in [2.75, 3.05) is 5.43 Å². The summed E-state index contributed by atoms with van der Waals surface area (Å²) >= 11 is 6.07. The monoisotopic (exact) mass is 374 g/mol. The van der Waals surface area contributed by atoms with Crippen LogP contribution in [0, 0.1) is 0 Å². The third-order valence-electron chi connectivity index (χ3n) is 3.06.